The normalized spacial score (nSPS) is 12.2. The first kappa shape index (κ1) is 23.0. The zero-order valence-electron chi connectivity index (χ0n) is 16.9. The van der Waals surface area contributed by atoms with Crippen LogP contribution in [0.4, 0.5) is 0 Å². The molecule has 31 heavy (non-hydrogen) atoms. The molecule has 3 aromatic rings. The molecule has 0 saturated carbocycles. The number of amides is 1. The standard InChI is InChI=1S/C23H23BrN2O4S/c1-30-22-10-6-5-9-18(22)16-25-23(27)21(15-17-7-3-2-4-8-17)26-31(28,29)20-13-11-19(24)12-14-20/h2-14,21,26H,15-16H2,1H3,(H,25,27). The summed E-state index contributed by atoms with van der Waals surface area (Å²) in [6.45, 7) is 0.216. The molecule has 0 fully saturated rings. The number of hydrogen-bond acceptors (Lipinski definition) is 4. The van der Waals surface area contributed by atoms with E-state index in [-0.39, 0.29) is 17.9 Å². The van der Waals surface area contributed by atoms with Gasteiger partial charge in [0, 0.05) is 16.6 Å². The molecule has 1 atom stereocenters. The van der Waals surface area contributed by atoms with Crippen molar-refractivity contribution in [2.45, 2.75) is 23.9 Å². The van der Waals surface area contributed by atoms with E-state index < -0.39 is 22.0 Å². The Kier molecular flexibility index (Phi) is 7.84. The largest absolute Gasteiger partial charge is 0.496 e. The number of halogens is 1. The van der Waals surface area contributed by atoms with Gasteiger partial charge in [-0.1, -0.05) is 64.5 Å². The first-order chi connectivity index (χ1) is 14.9. The van der Waals surface area contributed by atoms with Gasteiger partial charge in [-0.05, 0) is 42.3 Å². The molecule has 6 nitrogen and oxygen atoms in total. The molecule has 0 aliphatic carbocycles. The first-order valence-corrected chi connectivity index (χ1v) is 11.9. The molecule has 0 spiro atoms. The van der Waals surface area contributed by atoms with Crippen LogP contribution in [0.25, 0.3) is 0 Å². The third-order valence-electron chi connectivity index (χ3n) is 4.67. The lowest BCUT2D eigenvalue weighted by molar-refractivity contribution is -0.122. The van der Waals surface area contributed by atoms with E-state index in [1.165, 1.54) is 12.1 Å². The Labute approximate surface area is 190 Å². The van der Waals surface area contributed by atoms with Gasteiger partial charge in [0.2, 0.25) is 15.9 Å². The number of benzene rings is 3. The summed E-state index contributed by atoms with van der Waals surface area (Å²) in [5, 5.41) is 2.82. The zero-order valence-corrected chi connectivity index (χ0v) is 19.3. The smallest absolute Gasteiger partial charge is 0.241 e. The molecular formula is C23H23BrN2O4S. The van der Waals surface area contributed by atoms with Crippen molar-refractivity contribution in [3.05, 3.63) is 94.5 Å². The number of sulfonamides is 1. The Hall–Kier alpha value is -2.68. The molecule has 0 aliphatic heterocycles. The number of carbonyl (C=O) groups excluding carboxylic acids is 1. The summed E-state index contributed by atoms with van der Waals surface area (Å²) in [7, 11) is -2.33. The molecule has 0 aliphatic rings. The average molecular weight is 503 g/mol. The van der Waals surface area contributed by atoms with E-state index in [4.69, 9.17) is 4.74 Å². The van der Waals surface area contributed by atoms with Gasteiger partial charge in [0.1, 0.15) is 11.8 Å². The summed E-state index contributed by atoms with van der Waals surface area (Å²) in [4.78, 5) is 13.1. The third-order valence-corrected chi connectivity index (χ3v) is 6.68. The zero-order chi connectivity index (χ0) is 22.3. The van der Waals surface area contributed by atoms with Gasteiger partial charge < -0.3 is 10.1 Å². The number of methoxy groups -OCH3 is 1. The molecule has 0 aromatic heterocycles. The summed E-state index contributed by atoms with van der Waals surface area (Å²) in [6, 6.07) is 21.9. The van der Waals surface area contributed by atoms with E-state index in [1.807, 2.05) is 48.5 Å². The molecule has 0 radical (unpaired) electrons. The van der Waals surface area contributed by atoms with E-state index in [0.717, 1.165) is 15.6 Å². The van der Waals surface area contributed by atoms with Crippen LogP contribution in [0.2, 0.25) is 0 Å². The van der Waals surface area contributed by atoms with Crippen LogP contribution < -0.4 is 14.8 Å². The number of carbonyl (C=O) groups is 1. The van der Waals surface area contributed by atoms with Crippen LogP contribution in [-0.4, -0.2) is 27.5 Å². The lowest BCUT2D eigenvalue weighted by Gasteiger charge is -2.19. The van der Waals surface area contributed by atoms with Gasteiger partial charge in [-0.2, -0.15) is 4.72 Å². The van der Waals surface area contributed by atoms with Crippen molar-refractivity contribution >= 4 is 31.9 Å². The summed E-state index contributed by atoms with van der Waals surface area (Å²) in [5.41, 5.74) is 1.64. The molecule has 0 saturated heterocycles. The highest BCUT2D eigenvalue weighted by Gasteiger charge is 2.26. The van der Waals surface area contributed by atoms with E-state index in [0.29, 0.717) is 5.75 Å². The lowest BCUT2D eigenvalue weighted by atomic mass is 10.1. The number of nitrogens with one attached hydrogen (secondary N) is 2. The Morgan fingerprint density at radius 3 is 2.29 bits per heavy atom. The highest BCUT2D eigenvalue weighted by molar-refractivity contribution is 9.10. The van der Waals surface area contributed by atoms with Gasteiger partial charge >= 0.3 is 0 Å². The van der Waals surface area contributed by atoms with Crippen LogP contribution >= 0.6 is 15.9 Å². The maximum atomic E-state index is 13.0. The van der Waals surface area contributed by atoms with Crippen LogP contribution in [0.15, 0.2) is 88.2 Å². The average Bonchev–Trinajstić information content (AvgIpc) is 2.78. The van der Waals surface area contributed by atoms with E-state index >= 15 is 0 Å². The molecule has 1 unspecified atom stereocenters. The molecule has 1 amide bonds. The molecule has 8 heteroatoms. The number of rotatable bonds is 9. The Bertz CT molecular complexity index is 1120. The molecule has 0 bridgehead atoms. The van der Waals surface area contributed by atoms with Crippen molar-refractivity contribution < 1.29 is 17.9 Å². The fraction of sp³-hybridized carbons (Fsp3) is 0.174. The predicted octanol–water partition coefficient (Wildman–Crippen LogP) is 3.66. The van der Waals surface area contributed by atoms with Crippen molar-refractivity contribution in [3.8, 4) is 5.75 Å². The Morgan fingerprint density at radius 1 is 0.968 bits per heavy atom. The van der Waals surface area contributed by atoms with Crippen molar-refractivity contribution in [1.29, 1.82) is 0 Å². The van der Waals surface area contributed by atoms with Crippen LogP contribution in [-0.2, 0) is 27.8 Å². The number of para-hydroxylation sites is 1. The molecule has 162 valence electrons. The van der Waals surface area contributed by atoms with Crippen LogP contribution in [0.3, 0.4) is 0 Å². The van der Waals surface area contributed by atoms with Crippen LogP contribution in [0.5, 0.6) is 5.75 Å². The maximum Gasteiger partial charge on any atom is 0.241 e. The quantitative estimate of drug-likeness (QED) is 0.467. The van der Waals surface area contributed by atoms with Crippen LogP contribution in [0.1, 0.15) is 11.1 Å². The number of hydrogen-bond donors (Lipinski definition) is 2. The van der Waals surface area contributed by atoms with E-state index in [2.05, 4.69) is 26.0 Å². The van der Waals surface area contributed by atoms with Crippen LogP contribution in [0, 0.1) is 0 Å². The summed E-state index contributed by atoms with van der Waals surface area (Å²) < 4.78 is 34.4. The molecule has 0 heterocycles. The van der Waals surface area contributed by atoms with Crippen molar-refractivity contribution in [3.63, 3.8) is 0 Å². The summed E-state index contributed by atoms with van der Waals surface area (Å²) in [6.07, 6.45) is 0.217. The van der Waals surface area contributed by atoms with Gasteiger partial charge in [0.15, 0.2) is 0 Å². The van der Waals surface area contributed by atoms with Crippen molar-refractivity contribution in [1.82, 2.24) is 10.0 Å². The minimum absolute atomic E-state index is 0.0892. The van der Waals surface area contributed by atoms with Gasteiger partial charge in [-0.3, -0.25) is 4.79 Å². The van der Waals surface area contributed by atoms with Crippen molar-refractivity contribution in [2.75, 3.05) is 7.11 Å². The fourth-order valence-corrected chi connectivity index (χ4v) is 4.52. The highest BCUT2D eigenvalue weighted by atomic mass is 79.9. The second-order valence-corrected chi connectivity index (χ2v) is 9.48. The van der Waals surface area contributed by atoms with E-state index in [9.17, 15) is 13.2 Å². The molecular weight excluding hydrogens is 480 g/mol. The summed E-state index contributed by atoms with van der Waals surface area (Å²) in [5.74, 6) is 0.230. The highest BCUT2D eigenvalue weighted by Crippen LogP contribution is 2.18. The van der Waals surface area contributed by atoms with Gasteiger partial charge in [0.25, 0.3) is 0 Å². The van der Waals surface area contributed by atoms with Crippen molar-refractivity contribution in [2.24, 2.45) is 0 Å². The second kappa shape index (κ2) is 10.6. The minimum atomic E-state index is -3.89. The third kappa shape index (κ3) is 6.40. The van der Waals surface area contributed by atoms with Gasteiger partial charge in [0.05, 0.1) is 12.0 Å². The maximum absolute atomic E-state index is 13.0. The lowest BCUT2D eigenvalue weighted by Crippen LogP contribution is -2.47. The Balaban J connectivity index is 1.80. The fourth-order valence-electron chi connectivity index (χ4n) is 3.06. The molecule has 2 N–H and O–H groups in total. The topological polar surface area (TPSA) is 84.5 Å². The Morgan fingerprint density at radius 2 is 1.61 bits per heavy atom. The first-order valence-electron chi connectivity index (χ1n) is 9.60. The summed E-state index contributed by atoms with van der Waals surface area (Å²) >= 11 is 3.30. The molecule has 3 rings (SSSR count). The number of ether oxygens (including phenoxy) is 1. The predicted molar refractivity (Wildman–Crippen MR) is 123 cm³/mol. The monoisotopic (exact) mass is 502 g/mol. The SMILES string of the molecule is COc1ccccc1CNC(=O)C(Cc1ccccc1)NS(=O)(=O)c1ccc(Br)cc1. The molecule has 3 aromatic carbocycles. The van der Waals surface area contributed by atoms with Gasteiger partial charge in [-0.15, -0.1) is 0 Å². The van der Waals surface area contributed by atoms with E-state index in [1.54, 1.807) is 25.3 Å². The minimum Gasteiger partial charge on any atom is -0.496 e. The van der Waals surface area contributed by atoms with Gasteiger partial charge in [-0.25, -0.2) is 8.42 Å². The second-order valence-electron chi connectivity index (χ2n) is 6.85.